The molecule has 1 amide bonds. The van der Waals surface area contributed by atoms with Crippen LogP contribution in [0.5, 0.6) is 11.5 Å². The number of benzene rings is 2. The highest BCUT2D eigenvalue weighted by Gasteiger charge is 2.12. The van der Waals surface area contributed by atoms with Crippen molar-refractivity contribution in [1.82, 2.24) is 5.32 Å². The molecule has 0 radical (unpaired) electrons. The van der Waals surface area contributed by atoms with Gasteiger partial charge in [0.1, 0.15) is 11.6 Å². The summed E-state index contributed by atoms with van der Waals surface area (Å²) in [6.45, 7) is 0.0933. The van der Waals surface area contributed by atoms with Gasteiger partial charge in [0, 0.05) is 18.2 Å². The molecule has 6 heteroatoms. The van der Waals surface area contributed by atoms with Gasteiger partial charge in [-0.2, -0.15) is 0 Å². The van der Waals surface area contributed by atoms with Crippen LogP contribution in [0, 0.1) is 11.6 Å². The largest absolute Gasteiger partial charge is 0.454 e. The Morgan fingerprint density at radius 1 is 1.13 bits per heavy atom. The Morgan fingerprint density at radius 2 is 1.96 bits per heavy atom. The molecule has 4 nitrogen and oxygen atoms in total. The quantitative estimate of drug-likeness (QED) is 0.882. The first-order valence-electron chi connectivity index (χ1n) is 6.91. The SMILES string of the molecule is O=C(C=Cc1ccc2c(c1)OCO2)NCc1cc(F)ccc1F. The number of hydrogen-bond donors (Lipinski definition) is 1. The monoisotopic (exact) mass is 317 g/mol. The van der Waals surface area contributed by atoms with Gasteiger partial charge >= 0.3 is 0 Å². The van der Waals surface area contributed by atoms with Gasteiger partial charge in [-0.1, -0.05) is 6.07 Å². The molecule has 0 spiro atoms. The van der Waals surface area contributed by atoms with E-state index < -0.39 is 17.5 Å². The molecule has 23 heavy (non-hydrogen) atoms. The van der Waals surface area contributed by atoms with Crippen LogP contribution in [-0.2, 0) is 11.3 Å². The normalized spacial score (nSPS) is 12.6. The van der Waals surface area contributed by atoms with Crippen molar-refractivity contribution in [2.45, 2.75) is 6.54 Å². The minimum absolute atomic E-state index is 0.0894. The minimum atomic E-state index is -0.563. The van der Waals surface area contributed by atoms with Crippen molar-refractivity contribution < 1.29 is 23.0 Å². The number of carbonyl (C=O) groups excluding carboxylic acids is 1. The molecule has 1 aliphatic heterocycles. The molecule has 0 aromatic heterocycles. The zero-order valence-corrected chi connectivity index (χ0v) is 12.0. The second kappa shape index (κ2) is 6.48. The van der Waals surface area contributed by atoms with Crippen LogP contribution in [-0.4, -0.2) is 12.7 Å². The van der Waals surface area contributed by atoms with Gasteiger partial charge in [0.15, 0.2) is 11.5 Å². The zero-order chi connectivity index (χ0) is 16.2. The molecule has 0 aliphatic carbocycles. The summed E-state index contributed by atoms with van der Waals surface area (Å²) in [5.41, 5.74) is 0.858. The molecule has 0 fully saturated rings. The fraction of sp³-hybridized carbons (Fsp3) is 0.118. The maximum Gasteiger partial charge on any atom is 0.244 e. The average Bonchev–Trinajstić information content (AvgIpc) is 3.01. The molecular formula is C17H13F2NO3. The molecule has 118 valence electrons. The summed E-state index contributed by atoms with van der Waals surface area (Å²) in [5, 5.41) is 2.50. The van der Waals surface area contributed by atoms with Crippen molar-refractivity contribution in [1.29, 1.82) is 0 Å². The Bertz CT molecular complexity index is 774. The van der Waals surface area contributed by atoms with Crippen molar-refractivity contribution in [2.24, 2.45) is 0 Å². The van der Waals surface area contributed by atoms with Gasteiger partial charge in [0.05, 0.1) is 0 Å². The third-order valence-electron chi connectivity index (χ3n) is 3.28. The van der Waals surface area contributed by atoms with Crippen LogP contribution >= 0.6 is 0 Å². The molecule has 1 aliphatic rings. The molecule has 1 N–H and O–H groups in total. The Morgan fingerprint density at radius 3 is 2.83 bits per heavy atom. The van der Waals surface area contributed by atoms with E-state index in [1.54, 1.807) is 24.3 Å². The lowest BCUT2D eigenvalue weighted by Gasteiger charge is -2.04. The second-order valence-electron chi connectivity index (χ2n) is 4.90. The predicted octanol–water partition coefficient (Wildman–Crippen LogP) is 3.02. The van der Waals surface area contributed by atoms with E-state index in [2.05, 4.69) is 5.32 Å². The summed E-state index contributed by atoms with van der Waals surface area (Å²) in [6.07, 6.45) is 2.91. The van der Waals surface area contributed by atoms with E-state index in [9.17, 15) is 13.6 Å². The number of hydrogen-bond acceptors (Lipinski definition) is 3. The topological polar surface area (TPSA) is 47.6 Å². The van der Waals surface area contributed by atoms with E-state index in [1.165, 1.54) is 6.08 Å². The maximum absolute atomic E-state index is 13.4. The molecule has 0 saturated heterocycles. The third-order valence-corrected chi connectivity index (χ3v) is 3.28. The Balaban J connectivity index is 1.60. The summed E-state index contributed by atoms with van der Waals surface area (Å²) in [6, 6.07) is 8.39. The third kappa shape index (κ3) is 3.66. The summed E-state index contributed by atoms with van der Waals surface area (Å²) >= 11 is 0. The van der Waals surface area contributed by atoms with Crippen molar-refractivity contribution in [3.05, 3.63) is 65.2 Å². The van der Waals surface area contributed by atoms with Crippen molar-refractivity contribution in [3.8, 4) is 11.5 Å². The number of fused-ring (bicyclic) bond motifs is 1. The second-order valence-corrected chi connectivity index (χ2v) is 4.90. The highest BCUT2D eigenvalue weighted by Crippen LogP contribution is 2.32. The molecule has 1 heterocycles. The number of ether oxygens (including phenoxy) is 2. The minimum Gasteiger partial charge on any atom is -0.454 e. The van der Waals surface area contributed by atoms with Crippen molar-refractivity contribution in [2.75, 3.05) is 6.79 Å². The van der Waals surface area contributed by atoms with Crippen LogP contribution < -0.4 is 14.8 Å². The van der Waals surface area contributed by atoms with Crippen molar-refractivity contribution >= 4 is 12.0 Å². The summed E-state index contributed by atoms with van der Waals surface area (Å²) in [7, 11) is 0. The van der Waals surface area contributed by atoms with E-state index in [0.717, 1.165) is 23.8 Å². The highest BCUT2D eigenvalue weighted by molar-refractivity contribution is 5.91. The standard InChI is InChI=1S/C17H13F2NO3/c18-13-3-4-14(19)12(8-13)9-20-17(21)6-2-11-1-5-15-16(7-11)23-10-22-15/h1-8H,9-10H2,(H,20,21). The van der Waals surface area contributed by atoms with E-state index in [1.807, 2.05) is 0 Å². The molecule has 2 aromatic carbocycles. The van der Waals surface area contributed by atoms with Gasteiger partial charge < -0.3 is 14.8 Å². The van der Waals surface area contributed by atoms with Gasteiger partial charge in [-0.3, -0.25) is 4.79 Å². The van der Waals surface area contributed by atoms with E-state index in [-0.39, 0.29) is 18.9 Å². The number of halogens is 2. The van der Waals surface area contributed by atoms with Gasteiger partial charge in [-0.15, -0.1) is 0 Å². The first-order valence-corrected chi connectivity index (χ1v) is 6.91. The predicted molar refractivity (Wildman–Crippen MR) is 79.8 cm³/mol. The highest BCUT2D eigenvalue weighted by atomic mass is 19.1. The maximum atomic E-state index is 13.4. The lowest BCUT2D eigenvalue weighted by atomic mass is 10.2. The fourth-order valence-electron chi connectivity index (χ4n) is 2.11. The van der Waals surface area contributed by atoms with E-state index >= 15 is 0 Å². The molecular weight excluding hydrogens is 304 g/mol. The lowest BCUT2D eigenvalue weighted by Crippen LogP contribution is -2.21. The summed E-state index contributed by atoms with van der Waals surface area (Å²) < 4.78 is 36.9. The van der Waals surface area contributed by atoms with Crippen molar-refractivity contribution in [3.63, 3.8) is 0 Å². The van der Waals surface area contributed by atoms with Crippen LogP contribution in [0.2, 0.25) is 0 Å². The number of rotatable bonds is 4. The number of nitrogens with one attached hydrogen (secondary N) is 1. The molecule has 0 atom stereocenters. The van der Waals surface area contributed by atoms with Gasteiger partial charge in [0.2, 0.25) is 12.7 Å². The van der Waals surface area contributed by atoms with Crippen LogP contribution in [0.25, 0.3) is 6.08 Å². The van der Waals surface area contributed by atoms with Crippen LogP contribution in [0.3, 0.4) is 0 Å². The molecule has 3 rings (SSSR count). The molecule has 0 unspecified atom stereocenters. The van der Waals surface area contributed by atoms with Crippen LogP contribution in [0.4, 0.5) is 8.78 Å². The fourth-order valence-corrected chi connectivity index (χ4v) is 2.11. The zero-order valence-electron chi connectivity index (χ0n) is 12.0. The summed E-state index contributed by atoms with van der Waals surface area (Å²) in [4.78, 5) is 11.7. The van der Waals surface area contributed by atoms with E-state index in [0.29, 0.717) is 11.5 Å². The average molecular weight is 317 g/mol. The number of carbonyl (C=O) groups is 1. The first-order chi connectivity index (χ1) is 11.1. The van der Waals surface area contributed by atoms with Gasteiger partial charge in [-0.05, 0) is 42.0 Å². The molecule has 0 saturated carbocycles. The van der Waals surface area contributed by atoms with Gasteiger partial charge in [-0.25, -0.2) is 8.78 Å². The molecule has 0 bridgehead atoms. The van der Waals surface area contributed by atoms with E-state index in [4.69, 9.17) is 9.47 Å². The Kier molecular flexibility index (Phi) is 4.23. The first kappa shape index (κ1) is 15.0. The number of amides is 1. The van der Waals surface area contributed by atoms with Gasteiger partial charge in [0.25, 0.3) is 0 Å². The molecule has 2 aromatic rings. The Hall–Kier alpha value is -2.89. The van der Waals surface area contributed by atoms with Crippen LogP contribution in [0.1, 0.15) is 11.1 Å². The Labute approximate surface area is 131 Å². The summed E-state index contributed by atoms with van der Waals surface area (Å²) in [5.74, 6) is -0.244. The lowest BCUT2D eigenvalue weighted by molar-refractivity contribution is -0.116. The smallest absolute Gasteiger partial charge is 0.244 e. The van der Waals surface area contributed by atoms with Crippen LogP contribution in [0.15, 0.2) is 42.5 Å².